The number of rotatable bonds is 1. The van der Waals surface area contributed by atoms with Gasteiger partial charge >= 0.3 is 0 Å². The van der Waals surface area contributed by atoms with Crippen LogP contribution in [0, 0.1) is 0 Å². The van der Waals surface area contributed by atoms with Crippen molar-refractivity contribution in [1.29, 1.82) is 0 Å². The third-order valence-electron chi connectivity index (χ3n) is 3.36. The van der Waals surface area contributed by atoms with Crippen molar-refractivity contribution in [1.82, 2.24) is 5.32 Å². The van der Waals surface area contributed by atoms with Crippen LogP contribution in [0.2, 0.25) is 0 Å². The van der Waals surface area contributed by atoms with Gasteiger partial charge in [0, 0.05) is 6.42 Å². The zero-order valence-corrected chi connectivity index (χ0v) is 8.64. The molecule has 1 heterocycles. The highest BCUT2D eigenvalue weighted by molar-refractivity contribution is 5.55. The molecular formula is C11H17NO2. The molecule has 3 nitrogen and oxygen atoms in total. The minimum absolute atomic E-state index is 0.0430. The average Bonchev–Trinajstić information content (AvgIpc) is 2.57. The Morgan fingerprint density at radius 1 is 1.43 bits per heavy atom. The second-order valence-electron chi connectivity index (χ2n) is 4.33. The van der Waals surface area contributed by atoms with Gasteiger partial charge in [-0.05, 0) is 19.9 Å². The molecule has 2 fully saturated rings. The summed E-state index contributed by atoms with van der Waals surface area (Å²) < 4.78 is 5.93. The van der Waals surface area contributed by atoms with E-state index < -0.39 is 0 Å². The maximum atomic E-state index is 10.7. The van der Waals surface area contributed by atoms with E-state index in [2.05, 4.69) is 5.32 Å². The second kappa shape index (κ2) is 3.85. The van der Waals surface area contributed by atoms with Gasteiger partial charge in [-0.25, -0.2) is 4.79 Å². The third kappa shape index (κ3) is 1.63. The largest absolute Gasteiger partial charge is 0.352 e. The lowest BCUT2D eigenvalue weighted by atomic mass is 9.82. The number of carbonyl (C=O) groups excluding carboxylic acids is 1. The van der Waals surface area contributed by atoms with Gasteiger partial charge in [0.1, 0.15) is 12.2 Å². The molecule has 0 aromatic rings. The van der Waals surface area contributed by atoms with Crippen LogP contribution >= 0.6 is 0 Å². The molecule has 0 bridgehead atoms. The number of nitrogens with one attached hydrogen (secondary N) is 1. The van der Waals surface area contributed by atoms with Crippen LogP contribution in [0.1, 0.15) is 38.5 Å². The number of hydrogen-bond acceptors (Lipinski definition) is 3. The molecule has 14 heavy (non-hydrogen) atoms. The zero-order valence-electron chi connectivity index (χ0n) is 8.64. The SMILES string of the molecule is CNC1OC2(CCCCC2)CC1=C=O. The predicted octanol–water partition coefficient (Wildman–Crippen LogP) is 1.41. The van der Waals surface area contributed by atoms with Gasteiger partial charge in [0.25, 0.3) is 0 Å². The Kier molecular flexibility index (Phi) is 2.73. The van der Waals surface area contributed by atoms with E-state index in [0.717, 1.165) is 24.8 Å². The quantitative estimate of drug-likeness (QED) is 0.643. The van der Waals surface area contributed by atoms with Crippen LogP contribution < -0.4 is 5.32 Å². The molecule has 1 aliphatic carbocycles. The Hall–Kier alpha value is -0.630. The summed E-state index contributed by atoms with van der Waals surface area (Å²) in [6.45, 7) is 0. The first-order valence-corrected chi connectivity index (χ1v) is 5.39. The molecule has 1 N–H and O–H groups in total. The molecule has 1 saturated carbocycles. The molecule has 2 rings (SSSR count). The molecule has 1 aliphatic heterocycles. The molecule has 3 heteroatoms. The second-order valence-corrected chi connectivity index (χ2v) is 4.33. The summed E-state index contributed by atoms with van der Waals surface area (Å²) in [4.78, 5) is 10.7. The molecule has 1 spiro atoms. The van der Waals surface area contributed by atoms with Crippen molar-refractivity contribution in [3.05, 3.63) is 5.57 Å². The summed E-state index contributed by atoms with van der Waals surface area (Å²) in [7, 11) is 1.82. The van der Waals surface area contributed by atoms with E-state index in [-0.39, 0.29) is 11.8 Å². The molecule has 2 aliphatic rings. The van der Waals surface area contributed by atoms with E-state index in [4.69, 9.17) is 4.74 Å². The lowest BCUT2D eigenvalue weighted by molar-refractivity contribution is -0.0689. The highest BCUT2D eigenvalue weighted by Gasteiger charge is 2.43. The summed E-state index contributed by atoms with van der Waals surface area (Å²) >= 11 is 0. The Morgan fingerprint density at radius 3 is 2.64 bits per heavy atom. The molecule has 0 aromatic carbocycles. The molecular weight excluding hydrogens is 178 g/mol. The Bertz CT molecular complexity index is 262. The first kappa shape index (κ1) is 9.91. The van der Waals surface area contributed by atoms with E-state index in [9.17, 15) is 4.79 Å². The van der Waals surface area contributed by atoms with Crippen molar-refractivity contribution in [3.63, 3.8) is 0 Å². The van der Waals surface area contributed by atoms with Crippen molar-refractivity contribution in [3.8, 4) is 0 Å². The van der Waals surface area contributed by atoms with Crippen LogP contribution in [0.3, 0.4) is 0 Å². The summed E-state index contributed by atoms with van der Waals surface area (Å²) in [5.41, 5.74) is 0.716. The maximum absolute atomic E-state index is 10.7. The number of ether oxygens (including phenoxy) is 1. The number of hydrogen-bond donors (Lipinski definition) is 1. The maximum Gasteiger partial charge on any atom is 0.141 e. The molecule has 0 radical (unpaired) electrons. The Morgan fingerprint density at radius 2 is 2.14 bits per heavy atom. The van der Waals surface area contributed by atoms with E-state index in [1.165, 1.54) is 19.3 Å². The highest BCUT2D eigenvalue weighted by Crippen LogP contribution is 2.42. The van der Waals surface area contributed by atoms with Gasteiger partial charge in [-0.3, -0.25) is 5.32 Å². The summed E-state index contributed by atoms with van der Waals surface area (Å²) in [5.74, 6) is 2.02. The molecule has 0 aromatic heterocycles. The summed E-state index contributed by atoms with van der Waals surface area (Å²) in [6.07, 6.45) is 6.53. The normalized spacial score (nSPS) is 30.6. The average molecular weight is 195 g/mol. The first-order valence-electron chi connectivity index (χ1n) is 5.39. The standard InChI is InChI=1S/C11H17NO2/c1-12-10-9(8-13)7-11(14-10)5-3-2-4-6-11/h10,12H,2-7H2,1H3. The van der Waals surface area contributed by atoms with E-state index >= 15 is 0 Å². The van der Waals surface area contributed by atoms with Gasteiger partial charge in [-0.1, -0.05) is 19.3 Å². The Balaban J connectivity index is 2.13. The van der Waals surface area contributed by atoms with Gasteiger partial charge in [-0.2, -0.15) is 0 Å². The van der Waals surface area contributed by atoms with Crippen molar-refractivity contribution in [2.45, 2.75) is 50.4 Å². The molecule has 0 amide bonds. The van der Waals surface area contributed by atoms with Crippen LogP contribution in [0.15, 0.2) is 5.57 Å². The van der Waals surface area contributed by atoms with Gasteiger partial charge in [0.15, 0.2) is 0 Å². The Labute approximate surface area is 84.5 Å². The lowest BCUT2D eigenvalue weighted by Crippen LogP contribution is -2.35. The number of likely N-dealkylation sites (N-methyl/N-ethyl adjacent to an activating group) is 1. The molecule has 1 atom stereocenters. The van der Waals surface area contributed by atoms with Gasteiger partial charge in [-0.15, -0.1) is 0 Å². The monoisotopic (exact) mass is 195 g/mol. The van der Waals surface area contributed by atoms with Gasteiger partial charge < -0.3 is 4.74 Å². The third-order valence-corrected chi connectivity index (χ3v) is 3.36. The van der Waals surface area contributed by atoms with E-state index in [0.29, 0.717) is 0 Å². The molecule has 1 saturated heterocycles. The summed E-state index contributed by atoms with van der Waals surface area (Å²) in [5, 5.41) is 3.01. The summed E-state index contributed by atoms with van der Waals surface area (Å²) in [6, 6.07) is 0. The fraction of sp³-hybridized carbons (Fsp3) is 0.818. The van der Waals surface area contributed by atoms with Crippen LogP contribution in [0.25, 0.3) is 0 Å². The fourth-order valence-corrected chi connectivity index (χ4v) is 2.62. The van der Waals surface area contributed by atoms with Gasteiger partial charge in [0.2, 0.25) is 0 Å². The van der Waals surface area contributed by atoms with Crippen molar-refractivity contribution in [2.75, 3.05) is 7.05 Å². The van der Waals surface area contributed by atoms with Crippen LogP contribution in [-0.4, -0.2) is 24.8 Å². The first-order chi connectivity index (χ1) is 6.79. The van der Waals surface area contributed by atoms with Gasteiger partial charge in [0.05, 0.1) is 11.2 Å². The van der Waals surface area contributed by atoms with Crippen molar-refractivity contribution in [2.24, 2.45) is 0 Å². The zero-order chi connectivity index (χ0) is 10.0. The van der Waals surface area contributed by atoms with Crippen LogP contribution in [0.5, 0.6) is 0 Å². The van der Waals surface area contributed by atoms with Crippen LogP contribution in [-0.2, 0) is 9.53 Å². The van der Waals surface area contributed by atoms with Crippen molar-refractivity contribution < 1.29 is 9.53 Å². The highest BCUT2D eigenvalue weighted by atomic mass is 16.5. The van der Waals surface area contributed by atoms with E-state index in [1.54, 1.807) is 0 Å². The smallest absolute Gasteiger partial charge is 0.141 e. The van der Waals surface area contributed by atoms with Crippen LogP contribution in [0.4, 0.5) is 0 Å². The topological polar surface area (TPSA) is 38.3 Å². The lowest BCUT2D eigenvalue weighted by Gasteiger charge is -2.32. The minimum Gasteiger partial charge on any atom is -0.352 e. The predicted molar refractivity (Wildman–Crippen MR) is 53.6 cm³/mol. The van der Waals surface area contributed by atoms with E-state index in [1.807, 2.05) is 13.0 Å². The van der Waals surface area contributed by atoms with Crippen molar-refractivity contribution >= 4 is 5.94 Å². The minimum atomic E-state index is -0.189. The molecule has 1 unspecified atom stereocenters. The molecule has 78 valence electrons. The fourth-order valence-electron chi connectivity index (χ4n) is 2.62.